The fraction of sp³-hybridized carbons (Fsp3) is 0.429. The van der Waals surface area contributed by atoms with Gasteiger partial charge in [-0.25, -0.2) is 0 Å². The lowest BCUT2D eigenvalue weighted by Gasteiger charge is -2.39. The van der Waals surface area contributed by atoms with Crippen molar-refractivity contribution >= 4 is 22.9 Å². The summed E-state index contributed by atoms with van der Waals surface area (Å²) in [4.78, 5) is 1.17. The lowest BCUT2D eigenvalue weighted by molar-refractivity contribution is -0.0998. The van der Waals surface area contributed by atoms with Gasteiger partial charge in [-0.2, -0.15) is 0 Å². The lowest BCUT2D eigenvalue weighted by Crippen LogP contribution is -2.48. The number of hydrogen-bond donors (Lipinski definition) is 1. The number of ether oxygens (including phenoxy) is 1. The van der Waals surface area contributed by atoms with Crippen LogP contribution in [0, 0.1) is 5.41 Å². The molecule has 1 unspecified atom stereocenters. The van der Waals surface area contributed by atoms with E-state index >= 15 is 0 Å². The van der Waals surface area contributed by atoms with Gasteiger partial charge in [0.25, 0.3) is 0 Å². The Kier molecular flexibility index (Phi) is 3.67. The van der Waals surface area contributed by atoms with E-state index in [0.717, 1.165) is 29.9 Å². The standard InChI is InChI=1S/C14H16ClNO2S/c1-14(8-17-9-14)7-16-13(10-3-2-6-18-10)11-4-5-12(15)19-11/h2-6,13,16H,7-9H2,1H3. The SMILES string of the molecule is CC1(CNC(c2ccco2)c2ccc(Cl)s2)COC1. The van der Waals surface area contributed by atoms with Crippen molar-refractivity contribution in [2.75, 3.05) is 19.8 Å². The van der Waals surface area contributed by atoms with E-state index in [1.807, 2.05) is 24.3 Å². The lowest BCUT2D eigenvalue weighted by atomic mass is 9.88. The summed E-state index contributed by atoms with van der Waals surface area (Å²) in [5.74, 6) is 0.919. The third-order valence-electron chi connectivity index (χ3n) is 3.34. The molecule has 0 aliphatic carbocycles. The summed E-state index contributed by atoms with van der Waals surface area (Å²) in [6, 6.07) is 7.93. The van der Waals surface area contributed by atoms with Crippen LogP contribution in [0.1, 0.15) is 23.6 Å². The van der Waals surface area contributed by atoms with Crippen LogP contribution in [0.15, 0.2) is 34.9 Å². The second-order valence-electron chi connectivity index (χ2n) is 5.27. The third-order valence-corrected chi connectivity index (χ3v) is 4.64. The predicted molar refractivity (Wildman–Crippen MR) is 76.8 cm³/mol. The van der Waals surface area contributed by atoms with Gasteiger partial charge in [-0.1, -0.05) is 18.5 Å². The van der Waals surface area contributed by atoms with Crippen LogP contribution < -0.4 is 5.32 Å². The Hall–Kier alpha value is -0.810. The Balaban J connectivity index is 1.77. The summed E-state index contributed by atoms with van der Waals surface area (Å²) < 4.78 is 11.6. The number of rotatable bonds is 5. The maximum atomic E-state index is 6.03. The van der Waals surface area contributed by atoms with Crippen LogP contribution >= 0.6 is 22.9 Å². The van der Waals surface area contributed by atoms with Crippen molar-refractivity contribution in [3.05, 3.63) is 45.5 Å². The van der Waals surface area contributed by atoms with E-state index < -0.39 is 0 Å². The molecule has 0 radical (unpaired) electrons. The Bertz CT molecular complexity index is 533. The number of hydrogen-bond acceptors (Lipinski definition) is 4. The molecular weight excluding hydrogens is 282 g/mol. The van der Waals surface area contributed by atoms with Crippen LogP contribution in [0.25, 0.3) is 0 Å². The molecule has 0 bridgehead atoms. The highest BCUT2D eigenvalue weighted by atomic mass is 35.5. The highest BCUT2D eigenvalue weighted by Crippen LogP contribution is 2.33. The summed E-state index contributed by atoms with van der Waals surface area (Å²) in [5.41, 5.74) is 0.228. The molecule has 3 rings (SSSR count). The second kappa shape index (κ2) is 5.29. The maximum Gasteiger partial charge on any atom is 0.126 e. The molecule has 3 nitrogen and oxygen atoms in total. The zero-order chi connectivity index (χ0) is 13.3. The molecule has 0 spiro atoms. The molecule has 2 aromatic rings. The molecule has 3 heterocycles. The minimum absolute atomic E-state index is 0.0601. The molecule has 1 saturated heterocycles. The quantitative estimate of drug-likeness (QED) is 0.913. The molecule has 19 heavy (non-hydrogen) atoms. The van der Waals surface area contributed by atoms with Gasteiger partial charge in [0.1, 0.15) is 11.8 Å². The highest BCUT2D eigenvalue weighted by Gasteiger charge is 2.34. The highest BCUT2D eigenvalue weighted by molar-refractivity contribution is 7.16. The number of thiophene rings is 1. The Morgan fingerprint density at radius 3 is 2.79 bits per heavy atom. The minimum Gasteiger partial charge on any atom is -0.467 e. The van der Waals surface area contributed by atoms with Gasteiger partial charge in [0.2, 0.25) is 0 Å². The second-order valence-corrected chi connectivity index (χ2v) is 7.02. The van der Waals surface area contributed by atoms with Gasteiger partial charge in [-0.05, 0) is 24.3 Å². The molecule has 1 N–H and O–H groups in total. The van der Waals surface area contributed by atoms with E-state index in [1.54, 1.807) is 17.6 Å². The van der Waals surface area contributed by atoms with E-state index in [4.69, 9.17) is 20.8 Å². The number of furan rings is 1. The van der Waals surface area contributed by atoms with E-state index in [0.29, 0.717) is 0 Å². The Morgan fingerprint density at radius 2 is 2.26 bits per heavy atom. The maximum absolute atomic E-state index is 6.03. The monoisotopic (exact) mass is 297 g/mol. The molecule has 0 amide bonds. The molecule has 102 valence electrons. The predicted octanol–water partition coefficient (Wildman–Crippen LogP) is 3.71. The van der Waals surface area contributed by atoms with Gasteiger partial charge >= 0.3 is 0 Å². The van der Waals surface area contributed by atoms with Crippen LogP contribution in [0.2, 0.25) is 4.34 Å². The third kappa shape index (κ3) is 2.87. The molecule has 2 aromatic heterocycles. The largest absolute Gasteiger partial charge is 0.467 e. The molecular formula is C14H16ClNO2S. The van der Waals surface area contributed by atoms with Gasteiger partial charge in [-0.3, -0.25) is 0 Å². The molecule has 1 fully saturated rings. The summed E-state index contributed by atoms with van der Waals surface area (Å²) in [6.45, 7) is 4.75. The topological polar surface area (TPSA) is 34.4 Å². The molecule has 1 atom stereocenters. The average Bonchev–Trinajstić information content (AvgIpc) is 2.99. The van der Waals surface area contributed by atoms with Crippen molar-refractivity contribution < 1.29 is 9.15 Å². The van der Waals surface area contributed by atoms with Crippen LogP contribution in [-0.4, -0.2) is 19.8 Å². The smallest absolute Gasteiger partial charge is 0.126 e. The van der Waals surface area contributed by atoms with Crippen molar-refractivity contribution in [3.8, 4) is 0 Å². The summed E-state index contributed by atoms with van der Waals surface area (Å²) in [6.07, 6.45) is 1.70. The summed E-state index contributed by atoms with van der Waals surface area (Å²) in [5, 5.41) is 3.57. The first-order chi connectivity index (χ1) is 9.16. The fourth-order valence-electron chi connectivity index (χ4n) is 2.18. The molecule has 1 aliphatic heterocycles. The molecule has 0 aromatic carbocycles. The first-order valence-corrected chi connectivity index (χ1v) is 7.46. The fourth-order valence-corrected chi connectivity index (χ4v) is 3.33. The van der Waals surface area contributed by atoms with Crippen molar-refractivity contribution in [2.45, 2.75) is 13.0 Å². The zero-order valence-corrected chi connectivity index (χ0v) is 12.3. The van der Waals surface area contributed by atoms with Crippen LogP contribution in [0.4, 0.5) is 0 Å². The normalized spacial score (nSPS) is 19.1. The van der Waals surface area contributed by atoms with Crippen molar-refractivity contribution in [3.63, 3.8) is 0 Å². The van der Waals surface area contributed by atoms with E-state index in [9.17, 15) is 0 Å². The Labute approximate surface area is 121 Å². The summed E-state index contributed by atoms with van der Waals surface area (Å²) >= 11 is 7.62. The van der Waals surface area contributed by atoms with Crippen molar-refractivity contribution in [1.82, 2.24) is 5.32 Å². The molecule has 0 saturated carbocycles. The van der Waals surface area contributed by atoms with Gasteiger partial charge in [0.05, 0.1) is 23.8 Å². The average molecular weight is 298 g/mol. The van der Waals surface area contributed by atoms with Gasteiger partial charge < -0.3 is 14.5 Å². The van der Waals surface area contributed by atoms with Crippen LogP contribution in [0.3, 0.4) is 0 Å². The van der Waals surface area contributed by atoms with E-state index in [2.05, 4.69) is 12.2 Å². The van der Waals surface area contributed by atoms with Crippen LogP contribution in [0.5, 0.6) is 0 Å². The van der Waals surface area contributed by atoms with Crippen molar-refractivity contribution in [2.24, 2.45) is 5.41 Å². The Morgan fingerprint density at radius 1 is 1.42 bits per heavy atom. The van der Waals surface area contributed by atoms with E-state index in [-0.39, 0.29) is 11.5 Å². The first kappa shape index (κ1) is 13.2. The van der Waals surface area contributed by atoms with Crippen molar-refractivity contribution in [1.29, 1.82) is 0 Å². The van der Waals surface area contributed by atoms with Gasteiger partial charge in [0, 0.05) is 16.8 Å². The van der Waals surface area contributed by atoms with Gasteiger partial charge in [0.15, 0.2) is 0 Å². The van der Waals surface area contributed by atoms with Gasteiger partial charge in [-0.15, -0.1) is 11.3 Å². The zero-order valence-electron chi connectivity index (χ0n) is 10.7. The van der Waals surface area contributed by atoms with Crippen LogP contribution in [-0.2, 0) is 4.74 Å². The number of halogens is 1. The number of nitrogens with one attached hydrogen (secondary N) is 1. The first-order valence-electron chi connectivity index (χ1n) is 6.26. The molecule has 5 heteroatoms. The summed E-state index contributed by atoms with van der Waals surface area (Å²) in [7, 11) is 0. The van der Waals surface area contributed by atoms with E-state index in [1.165, 1.54) is 4.88 Å². The minimum atomic E-state index is 0.0601. The molecule has 1 aliphatic rings.